The maximum absolute atomic E-state index is 12.4. The van der Waals surface area contributed by atoms with E-state index >= 15 is 0 Å². The Labute approximate surface area is 158 Å². The molecule has 0 aliphatic rings. The highest BCUT2D eigenvalue weighted by molar-refractivity contribution is 6.34. The van der Waals surface area contributed by atoms with Crippen molar-refractivity contribution in [2.45, 2.75) is 45.8 Å². The number of amides is 2. The summed E-state index contributed by atoms with van der Waals surface area (Å²) < 4.78 is 9.86. The summed E-state index contributed by atoms with van der Waals surface area (Å²) in [6, 6.07) is 8.11. The van der Waals surface area contributed by atoms with E-state index in [1.54, 1.807) is 27.7 Å². The molecule has 9 heteroatoms. The molecule has 0 heterocycles. The van der Waals surface area contributed by atoms with Crippen LogP contribution in [0.5, 0.6) is 0 Å². The molecule has 0 aliphatic heterocycles. The summed E-state index contributed by atoms with van der Waals surface area (Å²) in [5.41, 5.74) is 7.70. The van der Waals surface area contributed by atoms with Crippen LogP contribution in [-0.4, -0.2) is 42.1 Å². The smallest absolute Gasteiger partial charge is 0.408 e. The van der Waals surface area contributed by atoms with Gasteiger partial charge in [-0.2, -0.15) is 0 Å². The second kappa shape index (κ2) is 10.1. The molecule has 0 aliphatic carbocycles. The molecule has 1 unspecified atom stereocenters. The molecule has 2 amide bonds. The molecule has 1 rings (SSSR count). The van der Waals surface area contributed by atoms with Crippen molar-refractivity contribution >= 4 is 23.8 Å². The Balaban J connectivity index is 2.85. The van der Waals surface area contributed by atoms with E-state index in [0.717, 1.165) is 5.56 Å². The van der Waals surface area contributed by atoms with Crippen molar-refractivity contribution in [1.82, 2.24) is 10.7 Å². The lowest BCUT2D eigenvalue weighted by molar-refractivity contribution is -0.135. The van der Waals surface area contributed by atoms with Gasteiger partial charge in [0.05, 0.1) is 6.61 Å². The summed E-state index contributed by atoms with van der Waals surface area (Å²) in [5, 5.41) is 6.02. The average molecular weight is 378 g/mol. The van der Waals surface area contributed by atoms with E-state index in [2.05, 4.69) is 20.6 Å². The second-order valence-electron chi connectivity index (χ2n) is 6.58. The van der Waals surface area contributed by atoms with Gasteiger partial charge in [0, 0.05) is 6.42 Å². The lowest BCUT2D eigenvalue weighted by Crippen LogP contribution is -2.48. The molecule has 0 radical (unpaired) electrons. The van der Waals surface area contributed by atoms with E-state index in [4.69, 9.17) is 10.5 Å². The van der Waals surface area contributed by atoms with Gasteiger partial charge in [0.25, 0.3) is 5.91 Å². The summed E-state index contributed by atoms with van der Waals surface area (Å²) in [6.45, 7) is 6.87. The Morgan fingerprint density at radius 3 is 2.37 bits per heavy atom. The van der Waals surface area contributed by atoms with Crippen molar-refractivity contribution in [1.29, 1.82) is 0 Å². The number of carbonyl (C=O) groups excluding carboxylic acids is 3. The number of alkyl carbamates (subject to hydrolysis) is 1. The summed E-state index contributed by atoms with van der Waals surface area (Å²) >= 11 is 0. The van der Waals surface area contributed by atoms with Crippen LogP contribution in [0, 0.1) is 0 Å². The number of esters is 1. The minimum absolute atomic E-state index is 0.125. The number of hydrazone groups is 1. The molecule has 1 aromatic rings. The van der Waals surface area contributed by atoms with Crippen LogP contribution in [0.1, 0.15) is 33.3 Å². The fraction of sp³-hybridized carbons (Fsp3) is 0.444. The number of benzene rings is 1. The number of ether oxygens (including phenoxy) is 2. The second-order valence-corrected chi connectivity index (χ2v) is 6.58. The largest absolute Gasteiger partial charge is 0.460 e. The van der Waals surface area contributed by atoms with E-state index in [-0.39, 0.29) is 13.0 Å². The predicted octanol–water partition coefficient (Wildman–Crippen LogP) is 1.07. The molecule has 0 saturated heterocycles. The van der Waals surface area contributed by atoms with Gasteiger partial charge in [-0.25, -0.2) is 15.0 Å². The first kappa shape index (κ1) is 21.9. The van der Waals surface area contributed by atoms with Crippen LogP contribution in [-0.2, 0) is 25.5 Å². The van der Waals surface area contributed by atoms with Gasteiger partial charge in [0.2, 0.25) is 5.84 Å². The standard InChI is InChI=1S/C18H26N4O5/c1-5-26-16(24)14(19)21-22-15(23)13(11-12-9-7-6-8-10-12)20-17(25)27-18(2,3)4/h6-10,13H,5,11H2,1-4H3,(H2,19,21)(H,20,25)(H,22,23). The van der Waals surface area contributed by atoms with Gasteiger partial charge in [-0.15, -0.1) is 5.10 Å². The van der Waals surface area contributed by atoms with Gasteiger partial charge >= 0.3 is 12.1 Å². The van der Waals surface area contributed by atoms with Crippen LogP contribution < -0.4 is 16.5 Å². The maximum Gasteiger partial charge on any atom is 0.408 e. The molecule has 1 aromatic carbocycles. The number of nitrogens with two attached hydrogens (primary N) is 1. The van der Waals surface area contributed by atoms with Crippen LogP contribution in [0.25, 0.3) is 0 Å². The lowest BCUT2D eigenvalue weighted by atomic mass is 10.1. The molecular formula is C18H26N4O5. The number of carbonyl (C=O) groups is 3. The van der Waals surface area contributed by atoms with Crippen LogP contribution in [0.3, 0.4) is 0 Å². The van der Waals surface area contributed by atoms with Crippen molar-refractivity contribution in [2.75, 3.05) is 6.61 Å². The molecule has 4 N–H and O–H groups in total. The van der Waals surface area contributed by atoms with Crippen LogP contribution in [0.15, 0.2) is 35.4 Å². The zero-order valence-corrected chi connectivity index (χ0v) is 15.9. The number of amidine groups is 1. The predicted molar refractivity (Wildman–Crippen MR) is 99.7 cm³/mol. The Morgan fingerprint density at radius 2 is 1.81 bits per heavy atom. The number of hydrogen-bond acceptors (Lipinski definition) is 6. The Kier molecular flexibility index (Phi) is 8.25. The first-order valence-electron chi connectivity index (χ1n) is 8.46. The zero-order chi connectivity index (χ0) is 20.4. The first-order chi connectivity index (χ1) is 12.6. The van der Waals surface area contributed by atoms with Crippen LogP contribution in [0.2, 0.25) is 0 Å². The summed E-state index contributed by atoms with van der Waals surface area (Å²) in [5.74, 6) is -2.00. The topological polar surface area (TPSA) is 132 Å². The molecule has 1 atom stereocenters. The molecule has 0 saturated carbocycles. The molecule has 27 heavy (non-hydrogen) atoms. The quantitative estimate of drug-likeness (QED) is 0.294. The normalized spacial score (nSPS) is 12.7. The molecule has 0 fully saturated rings. The Hall–Kier alpha value is -3.10. The van der Waals surface area contributed by atoms with Crippen molar-refractivity contribution < 1.29 is 23.9 Å². The highest BCUT2D eigenvalue weighted by atomic mass is 16.6. The maximum atomic E-state index is 12.4. The number of nitrogens with one attached hydrogen (secondary N) is 2. The van der Waals surface area contributed by atoms with Crippen molar-refractivity contribution in [3.63, 3.8) is 0 Å². The molecule has 0 aromatic heterocycles. The number of rotatable bonds is 6. The van der Waals surface area contributed by atoms with E-state index in [9.17, 15) is 14.4 Å². The van der Waals surface area contributed by atoms with Crippen LogP contribution >= 0.6 is 0 Å². The fourth-order valence-electron chi connectivity index (χ4n) is 1.95. The van der Waals surface area contributed by atoms with E-state index in [1.165, 1.54) is 0 Å². The van der Waals surface area contributed by atoms with Gasteiger partial charge in [0.1, 0.15) is 11.6 Å². The van der Waals surface area contributed by atoms with Gasteiger partial charge < -0.3 is 20.5 Å². The first-order valence-corrected chi connectivity index (χ1v) is 8.46. The number of hydrogen-bond donors (Lipinski definition) is 3. The lowest BCUT2D eigenvalue weighted by Gasteiger charge is -2.23. The summed E-state index contributed by atoms with van der Waals surface area (Å²) in [4.78, 5) is 35.9. The Morgan fingerprint density at radius 1 is 1.19 bits per heavy atom. The monoisotopic (exact) mass is 378 g/mol. The summed E-state index contributed by atoms with van der Waals surface area (Å²) in [7, 11) is 0. The van der Waals surface area contributed by atoms with Crippen molar-refractivity contribution in [3.8, 4) is 0 Å². The number of nitrogens with zero attached hydrogens (tertiary/aromatic N) is 1. The average Bonchev–Trinajstić information content (AvgIpc) is 2.58. The fourth-order valence-corrected chi connectivity index (χ4v) is 1.95. The summed E-state index contributed by atoms with van der Waals surface area (Å²) in [6.07, 6.45) is -0.554. The third-order valence-electron chi connectivity index (χ3n) is 3.06. The minimum atomic E-state index is -0.985. The molecule has 0 bridgehead atoms. The molecule has 9 nitrogen and oxygen atoms in total. The zero-order valence-electron chi connectivity index (χ0n) is 15.9. The highest BCUT2D eigenvalue weighted by Crippen LogP contribution is 2.08. The molecular weight excluding hydrogens is 352 g/mol. The Bertz CT molecular complexity index is 683. The molecule has 0 spiro atoms. The van der Waals surface area contributed by atoms with Crippen LogP contribution in [0.4, 0.5) is 4.79 Å². The van der Waals surface area contributed by atoms with Gasteiger partial charge in [-0.05, 0) is 33.3 Å². The minimum Gasteiger partial charge on any atom is -0.460 e. The molecule has 148 valence electrons. The van der Waals surface area contributed by atoms with Gasteiger partial charge in [-0.1, -0.05) is 30.3 Å². The van der Waals surface area contributed by atoms with Crippen molar-refractivity contribution in [3.05, 3.63) is 35.9 Å². The van der Waals surface area contributed by atoms with E-state index < -0.39 is 35.4 Å². The van der Waals surface area contributed by atoms with E-state index in [1.807, 2.05) is 30.3 Å². The third kappa shape index (κ3) is 8.70. The van der Waals surface area contributed by atoms with Gasteiger partial charge in [-0.3, -0.25) is 4.79 Å². The van der Waals surface area contributed by atoms with Crippen molar-refractivity contribution in [2.24, 2.45) is 10.8 Å². The highest BCUT2D eigenvalue weighted by Gasteiger charge is 2.25. The van der Waals surface area contributed by atoms with Gasteiger partial charge in [0.15, 0.2) is 0 Å². The van der Waals surface area contributed by atoms with E-state index in [0.29, 0.717) is 0 Å². The third-order valence-corrected chi connectivity index (χ3v) is 3.06. The SMILES string of the molecule is CCOC(=O)/C(N)=N/NC(=O)C(Cc1ccccc1)NC(=O)OC(C)(C)C.